The molecule has 0 aromatic carbocycles. The van der Waals surface area contributed by atoms with Crippen LogP contribution in [0, 0.1) is 5.92 Å². The molecular formula is C13H18F3N3OS. The highest BCUT2D eigenvalue weighted by atomic mass is 32.1. The highest BCUT2D eigenvalue weighted by molar-refractivity contribution is 7.13. The van der Waals surface area contributed by atoms with Gasteiger partial charge in [-0.3, -0.25) is 5.32 Å². The van der Waals surface area contributed by atoms with Gasteiger partial charge in [-0.25, -0.2) is 9.78 Å². The van der Waals surface area contributed by atoms with Crippen molar-refractivity contribution in [2.45, 2.75) is 45.3 Å². The van der Waals surface area contributed by atoms with E-state index in [1.54, 1.807) is 4.90 Å². The summed E-state index contributed by atoms with van der Waals surface area (Å²) in [7, 11) is 0. The summed E-state index contributed by atoms with van der Waals surface area (Å²) in [5.74, 6) is 0.468. The van der Waals surface area contributed by atoms with E-state index in [-0.39, 0.29) is 17.2 Å². The van der Waals surface area contributed by atoms with Gasteiger partial charge in [0.25, 0.3) is 0 Å². The maximum atomic E-state index is 12.5. The number of alkyl halides is 3. The van der Waals surface area contributed by atoms with E-state index >= 15 is 0 Å². The molecule has 118 valence electrons. The Morgan fingerprint density at radius 1 is 1.52 bits per heavy atom. The molecule has 2 rings (SSSR count). The number of amides is 2. The number of hydrogen-bond donors (Lipinski definition) is 1. The molecule has 0 aliphatic heterocycles. The largest absolute Gasteiger partial charge is 0.434 e. The van der Waals surface area contributed by atoms with Crippen molar-refractivity contribution in [3.05, 3.63) is 11.1 Å². The van der Waals surface area contributed by atoms with E-state index in [2.05, 4.69) is 24.1 Å². The Hall–Kier alpha value is -1.31. The third kappa shape index (κ3) is 4.59. The zero-order chi connectivity index (χ0) is 15.6. The van der Waals surface area contributed by atoms with Crippen LogP contribution in [0.1, 0.15) is 38.8 Å². The molecule has 1 aliphatic rings. The first-order chi connectivity index (χ1) is 9.77. The van der Waals surface area contributed by atoms with Crippen LogP contribution in [0.2, 0.25) is 0 Å². The minimum absolute atomic E-state index is 0.0116. The van der Waals surface area contributed by atoms with Crippen LogP contribution in [-0.4, -0.2) is 28.5 Å². The fraction of sp³-hybridized carbons (Fsp3) is 0.692. The van der Waals surface area contributed by atoms with Gasteiger partial charge in [-0.2, -0.15) is 13.2 Å². The summed E-state index contributed by atoms with van der Waals surface area (Å²) < 4.78 is 37.4. The number of carbonyl (C=O) groups excluding carboxylic acids is 1. The van der Waals surface area contributed by atoms with Gasteiger partial charge in [0.2, 0.25) is 0 Å². The monoisotopic (exact) mass is 321 g/mol. The molecule has 21 heavy (non-hydrogen) atoms. The third-order valence-corrected chi connectivity index (χ3v) is 3.96. The highest BCUT2D eigenvalue weighted by Gasteiger charge is 2.35. The summed E-state index contributed by atoms with van der Waals surface area (Å²) in [4.78, 5) is 17.3. The van der Waals surface area contributed by atoms with Gasteiger partial charge in [0.05, 0.1) is 0 Å². The minimum atomic E-state index is -4.48. The predicted octanol–water partition coefficient (Wildman–Crippen LogP) is 4.20. The number of thiazole rings is 1. The number of nitrogens with zero attached hydrogens (tertiary/aromatic N) is 2. The Bertz CT molecular complexity index is 497. The van der Waals surface area contributed by atoms with E-state index in [1.807, 2.05) is 0 Å². The van der Waals surface area contributed by atoms with E-state index in [1.165, 1.54) is 0 Å². The summed E-state index contributed by atoms with van der Waals surface area (Å²) in [5, 5.41) is 3.37. The molecule has 1 aliphatic carbocycles. The van der Waals surface area contributed by atoms with Crippen molar-refractivity contribution in [1.29, 1.82) is 0 Å². The van der Waals surface area contributed by atoms with Crippen LogP contribution in [0.3, 0.4) is 0 Å². The van der Waals surface area contributed by atoms with Gasteiger partial charge in [-0.1, -0.05) is 13.8 Å². The van der Waals surface area contributed by atoms with Crippen LogP contribution in [0.5, 0.6) is 0 Å². The van der Waals surface area contributed by atoms with Gasteiger partial charge in [-0.15, -0.1) is 11.3 Å². The van der Waals surface area contributed by atoms with Gasteiger partial charge in [0, 0.05) is 18.0 Å². The molecular weight excluding hydrogens is 303 g/mol. The number of urea groups is 1. The van der Waals surface area contributed by atoms with Crippen LogP contribution in [0.4, 0.5) is 23.1 Å². The minimum Gasteiger partial charge on any atom is -0.321 e. The van der Waals surface area contributed by atoms with Gasteiger partial charge < -0.3 is 4.90 Å². The maximum absolute atomic E-state index is 12.5. The lowest BCUT2D eigenvalue weighted by Crippen LogP contribution is -2.38. The number of carbonyl (C=O) groups is 1. The first-order valence-electron chi connectivity index (χ1n) is 6.87. The molecule has 4 nitrogen and oxygen atoms in total. The summed E-state index contributed by atoms with van der Waals surface area (Å²) >= 11 is 0.789. The van der Waals surface area contributed by atoms with Crippen LogP contribution in [0.15, 0.2) is 5.38 Å². The molecule has 0 unspecified atom stereocenters. The number of hydrogen-bond acceptors (Lipinski definition) is 3. The Labute approximate surface area is 125 Å². The van der Waals surface area contributed by atoms with E-state index in [0.29, 0.717) is 12.5 Å². The van der Waals surface area contributed by atoms with Crippen LogP contribution in [0.25, 0.3) is 0 Å². The second-order valence-electron chi connectivity index (χ2n) is 5.57. The van der Waals surface area contributed by atoms with Crippen molar-refractivity contribution in [1.82, 2.24) is 9.88 Å². The lowest BCUT2D eigenvalue weighted by atomic mass is 10.1. The summed E-state index contributed by atoms with van der Waals surface area (Å²) in [6.07, 6.45) is -1.70. The zero-order valence-corrected chi connectivity index (χ0v) is 12.7. The fourth-order valence-corrected chi connectivity index (χ4v) is 2.56. The summed E-state index contributed by atoms with van der Waals surface area (Å²) in [6.45, 7) is 4.75. The standard InChI is InChI=1S/C13H18F3N3OS/c1-8(2)5-6-19(9-3-4-9)12(20)18-11-17-10(7-21-11)13(14,15)16/h7-9H,3-6H2,1-2H3,(H,17,18,20). The van der Waals surface area contributed by atoms with E-state index in [9.17, 15) is 18.0 Å². The topological polar surface area (TPSA) is 45.2 Å². The molecule has 1 N–H and O–H groups in total. The zero-order valence-electron chi connectivity index (χ0n) is 11.9. The van der Waals surface area contributed by atoms with Crippen LogP contribution in [-0.2, 0) is 6.18 Å². The number of aromatic nitrogens is 1. The quantitative estimate of drug-likeness (QED) is 0.883. The summed E-state index contributed by atoms with van der Waals surface area (Å²) in [6, 6.07) is -0.146. The third-order valence-electron chi connectivity index (χ3n) is 3.20. The SMILES string of the molecule is CC(C)CCN(C(=O)Nc1nc(C(F)(F)F)cs1)C1CC1. The smallest absolute Gasteiger partial charge is 0.321 e. The Morgan fingerprint density at radius 3 is 2.67 bits per heavy atom. The molecule has 0 spiro atoms. The van der Waals surface area contributed by atoms with Crippen molar-refractivity contribution in [2.24, 2.45) is 5.92 Å². The number of rotatable bonds is 5. The predicted molar refractivity (Wildman–Crippen MR) is 75.3 cm³/mol. The van der Waals surface area contributed by atoms with E-state index in [0.717, 1.165) is 36.0 Å². The van der Waals surface area contributed by atoms with E-state index < -0.39 is 11.9 Å². The number of nitrogens with one attached hydrogen (secondary N) is 1. The van der Waals surface area contributed by atoms with Crippen LogP contribution >= 0.6 is 11.3 Å². The second-order valence-corrected chi connectivity index (χ2v) is 6.43. The normalized spacial score (nSPS) is 15.3. The average Bonchev–Trinajstić information content (AvgIpc) is 3.06. The molecule has 8 heteroatoms. The molecule has 0 atom stereocenters. The van der Waals surface area contributed by atoms with Gasteiger partial charge in [0.15, 0.2) is 10.8 Å². The molecule has 1 heterocycles. The highest BCUT2D eigenvalue weighted by Crippen LogP contribution is 2.32. The Morgan fingerprint density at radius 2 is 2.19 bits per heavy atom. The summed E-state index contributed by atoms with van der Waals surface area (Å²) in [5.41, 5.74) is -0.969. The molecule has 1 saturated carbocycles. The maximum Gasteiger partial charge on any atom is 0.434 e. The number of anilines is 1. The first-order valence-corrected chi connectivity index (χ1v) is 7.75. The number of halogens is 3. The molecule has 1 aromatic rings. The van der Waals surface area contributed by atoms with Crippen molar-refractivity contribution < 1.29 is 18.0 Å². The fourth-order valence-electron chi connectivity index (χ4n) is 1.86. The van der Waals surface area contributed by atoms with Gasteiger partial charge in [0.1, 0.15) is 0 Å². The van der Waals surface area contributed by atoms with Gasteiger partial charge in [-0.05, 0) is 25.2 Å². The average molecular weight is 321 g/mol. The lowest BCUT2D eigenvalue weighted by Gasteiger charge is -2.23. The van der Waals surface area contributed by atoms with Crippen molar-refractivity contribution in [2.75, 3.05) is 11.9 Å². The van der Waals surface area contributed by atoms with Crippen molar-refractivity contribution >= 4 is 22.5 Å². The van der Waals surface area contributed by atoms with E-state index in [4.69, 9.17) is 0 Å². The Balaban J connectivity index is 1.96. The second kappa shape index (κ2) is 6.21. The molecule has 2 amide bonds. The molecule has 1 aromatic heterocycles. The van der Waals surface area contributed by atoms with Gasteiger partial charge >= 0.3 is 12.2 Å². The molecule has 0 radical (unpaired) electrons. The van der Waals surface area contributed by atoms with Crippen molar-refractivity contribution in [3.63, 3.8) is 0 Å². The molecule has 0 bridgehead atoms. The molecule has 1 fully saturated rings. The van der Waals surface area contributed by atoms with Crippen LogP contribution < -0.4 is 5.32 Å². The van der Waals surface area contributed by atoms with Crippen molar-refractivity contribution in [3.8, 4) is 0 Å². The Kier molecular flexibility index (Phi) is 4.75. The lowest BCUT2D eigenvalue weighted by molar-refractivity contribution is -0.140. The first kappa shape index (κ1) is 16.1. The molecule has 0 saturated heterocycles.